The van der Waals surface area contributed by atoms with Crippen LogP contribution in [0.3, 0.4) is 0 Å². The van der Waals surface area contributed by atoms with Gasteiger partial charge >= 0.3 is 0 Å². The first-order valence-corrected chi connectivity index (χ1v) is 7.16. The second-order valence-electron chi connectivity index (χ2n) is 3.55. The zero-order chi connectivity index (χ0) is 10.5. The second kappa shape index (κ2) is 5.56. The Morgan fingerprint density at radius 3 is 2.38 bits per heavy atom. The van der Waals surface area contributed by atoms with Crippen molar-refractivity contribution in [1.82, 2.24) is 4.90 Å². The number of hydrogen-bond acceptors (Lipinski definition) is 2. The first-order valence-electron chi connectivity index (χ1n) is 4.60. The molecule has 4 heteroatoms. The highest BCUT2D eigenvalue weighted by atomic mass is 31.2. The molecule has 0 aromatic rings. The summed E-state index contributed by atoms with van der Waals surface area (Å²) in [7, 11) is 2.28. The smallest absolute Gasteiger partial charge is 0.258 e. The lowest BCUT2D eigenvalue weighted by atomic mass is 10.4. The SMILES string of the molecule is CCCN(C)C(C)=N[P+](C)(C)OC. The molecular weight excluding hydrogens is 183 g/mol. The third-order valence-electron chi connectivity index (χ3n) is 1.94. The van der Waals surface area contributed by atoms with Crippen molar-refractivity contribution in [2.75, 3.05) is 34.0 Å². The van der Waals surface area contributed by atoms with Gasteiger partial charge in [-0.05, 0) is 13.3 Å². The molecule has 3 nitrogen and oxygen atoms in total. The fourth-order valence-corrected chi connectivity index (χ4v) is 1.89. The minimum atomic E-state index is -1.51. The van der Waals surface area contributed by atoms with E-state index in [2.05, 4.69) is 37.0 Å². The standard InChI is InChI=1S/C9H22N2OP/c1-7-8-11(3)9(2)10-13(5,6)12-4/h7-8H2,1-6H3/q+1. The molecule has 0 N–H and O–H groups in total. The molecule has 0 amide bonds. The predicted octanol–water partition coefficient (Wildman–Crippen LogP) is 2.50. The van der Waals surface area contributed by atoms with Crippen LogP contribution in [0.25, 0.3) is 0 Å². The summed E-state index contributed by atoms with van der Waals surface area (Å²) in [6, 6.07) is 0. The molecule has 0 unspecified atom stereocenters. The normalized spacial score (nSPS) is 13.2. The fraction of sp³-hybridized carbons (Fsp3) is 0.889. The van der Waals surface area contributed by atoms with Crippen LogP contribution in [0.4, 0.5) is 0 Å². The number of nitrogens with zero attached hydrogens (tertiary/aromatic N) is 2. The molecule has 0 atom stereocenters. The van der Waals surface area contributed by atoms with E-state index in [1.54, 1.807) is 7.11 Å². The van der Waals surface area contributed by atoms with Gasteiger partial charge in [0.15, 0.2) is 0 Å². The van der Waals surface area contributed by atoms with E-state index in [4.69, 9.17) is 4.52 Å². The third-order valence-corrected chi connectivity index (χ3v) is 3.61. The number of rotatable bonds is 4. The molecule has 0 aromatic carbocycles. The average molecular weight is 205 g/mol. The van der Waals surface area contributed by atoms with Crippen LogP contribution < -0.4 is 0 Å². The quantitative estimate of drug-likeness (QED) is 0.400. The Hall–Kier alpha value is -0.140. The summed E-state index contributed by atoms with van der Waals surface area (Å²) in [5.41, 5.74) is 0. The van der Waals surface area contributed by atoms with Crippen LogP contribution in [0.1, 0.15) is 20.3 Å². The Morgan fingerprint density at radius 2 is 2.00 bits per heavy atom. The number of amidine groups is 1. The van der Waals surface area contributed by atoms with Gasteiger partial charge in [-0.1, -0.05) is 11.7 Å². The Balaban J connectivity index is 4.30. The van der Waals surface area contributed by atoms with Crippen molar-refractivity contribution in [3.63, 3.8) is 0 Å². The summed E-state index contributed by atoms with van der Waals surface area (Å²) in [5, 5.41) is 0. The molecule has 78 valence electrons. The fourth-order valence-electron chi connectivity index (χ4n) is 0.963. The monoisotopic (exact) mass is 205 g/mol. The van der Waals surface area contributed by atoms with E-state index >= 15 is 0 Å². The van der Waals surface area contributed by atoms with E-state index in [1.165, 1.54) is 0 Å². The van der Waals surface area contributed by atoms with Gasteiger partial charge in [-0.15, -0.1) is 0 Å². The summed E-state index contributed by atoms with van der Waals surface area (Å²) in [4.78, 5) is 2.17. The van der Waals surface area contributed by atoms with Gasteiger partial charge < -0.3 is 4.90 Å². The van der Waals surface area contributed by atoms with Gasteiger partial charge in [0.1, 0.15) is 5.84 Å². The summed E-state index contributed by atoms with van der Waals surface area (Å²) in [5.74, 6) is 1.07. The van der Waals surface area contributed by atoms with Gasteiger partial charge in [-0.2, -0.15) is 0 Å². The zero-order valence-electron chi connectivity index (χ0n) is 9.66. The topological polar surface area (TPSA) is 24.8 Å². The molecule has 0 radical (unpaired) electrons. The van der Waals surface area contributed by atoms with E-state index in [0.717, 1.165) is 18.8 Å². The van der Waals surface area contributed by atoms with Gasteiger partial charge in [0.2, 0.25) is 0 Å². The van der Waals surface area contributed by atoms with Gasteiger partial charge in [-0.25, -0.2) is 4.52 Å². The van der Waals surface area contributed by atoms with Gasteiger partial charge in [0, 0.05) is 13.6 Å². The molecular formula is C9H22N2OP+. The first-order chi connectivity index (χ1) is 5.93. The molecule has 0 saturated heterocycles. The Morgan fingerprint density at radius 1 is 1.46 bits per heavy atom. The highest BCUT2D eigenvalue weighted by molar-refractivity contribution is 7.68. The Labute approximate surface area is 82.7 Å². The Kier molecular flexibility index (Phi) is 5.50. The number of hydrogen-bond donors (Lipinski definition) is 0. The van der Waals surface area contributed by atoms with E-state index < -0.39 is 7.64 Å². The molecule has 0 spiro atoms. The van der Waals surface area contributed by atoms with Gasteiger partial charge in [-0.3, -0.25) is 0 Å². The largest absolute Gasteiger partial charge is 0.360 e. The van der Waals surface area contributed by atoms with Crippen LogP contribution in [-0.2, 0) is 4.52 Å². The molecule has 0 aliphatic heterocycles. The zero-order valence-corrected chi connectivity index (χ0v) is 10.6. The first kappa shape index (κ1) is 12.9. The molecule has 0 aliphatic rings. The molecule has 0 aliphatic carbocycles. The molecule has 0 saturated carbocycles. The van der Waals surface area contributed by atoms with E-state index in [0.29, 0.717) is 0 Å². The summed E-state index contributed by atoms with van der Waals surface area (Å²) >= 11 is 0. The maximum Gasteiger partial charge on any atom is 0.258 e. The molecule has 0 aromatic heterocycles. The van der Waals surface area contributed by atoms with Crippen molar-refractivity contribution in [3.05, 3.63) is 0 Å². The summed E-state index contributed by atoms with van der Waals surface area (Å²) in [6.45, 7) is 9.39. The molecule has 0 bridgehead atoms. The lowest BCUT2D eigenvalue weighted by molar-refractivity contribution is 0.450. The lowest BCUT2D eigenvalue weighted by Crippen LogP contribution is -2.25. The van der Waals surface area contributed by atoms with Crippen molar-refractivity contribution in [1.29, 1.82) is 0 Å². The molecule has 0 heterocycles. The highest BCUT2D eigenvalue weighted by Crippen LogP contribution is 2.53. The van der Waals surface area contributed by atoms with Crippen molar-refractivity contribution in [2.45, 2.75) is 20.3 Å². The van der Waals surface area contributed by atoms with Crippen LogP contribution in [-0.4, -0.2) is 44.8 Å². The predicted molar refractivity (Wildman–Crippen MR) is 61.8 cm³/mol. The van der Waals surface area contributed by atoms with E-state index in [1.807, 2.05) is 6.92 Å². The van der Waals surface area contributed by atoms with Gasteiger partial charge in [0.25, 0.3) is 7.64 Å². The van der Waals surface area contributed by atoms with Crippen molar-refractivity contribution < 1.29 is 4.52 Å². The highest BCUT2D eigenvalue weighted by Gasteiger charge is 2.25. The minimum Gasteiger partial charge on any atom is -0.360 e. The van der Waals surface area contributed by atoms with Crippen LogP contribution in [0.5, 0.6) is 0 Å². The summed E-state index contributed by atoms with van der Waals surface area (Å²) < 4.78 is 9.91. The van der Waals surface area contributed by atoms with Crippen molar-refractivity contribution >= 4 is 13.5 Å². The van der Waals surface area contributed by atoms with Crippen LogP contribution >= 0.6 is 7.64 Å². The van der Waals surface area contributed by atoms with Gasteiger partial charge in [0.05, 0.1) is 20.4 Å². The lowest BCUT2D eigenvalue weighted by Gasteiger charge is -2.18. The average Bonchev–Trinajstić information content (AvgIpc) is 2.04. The molecule has 0 rings (SSSR count). The van der Waals surface area contributed by atoms with E-state index in [-0.39, 0.29) is 0 Å². The van der Waals surface area contributed by atoms with Crippen molar-refractivity contribution in [2.24, 2.45) is 4.76 Å². The van der Waals surface area contributed by atoms with Crippen LogP contribution in [0, 0.1) is 0 Å². The maximum absolute atomic E-state index is 5.33. The molecule has 13 heavy (non-hydrogen) atoms. The molecule has 0 fully saturated rings. The second-order valence-corrected chi connectivity index (χ2v) is 6.70. The minimum absolute atomic E-state index is 1.05. The summed E-state index contributed by atoms with van der Waals surface area (Å²) in [6.07, 6.45) is 1.15. The Bertz CT molecular complexity index is 180. The maximum atomic E-state index is 5.33. The van der Waals surface area contributed by atoms with Crippen LogP contribution in [0.2, 0.25) is 0 Å². The van der Waals surface area contributed by atoms with Crippen molar-refractivity contribution in [3.8, 4) is 0 Å². The third kappa shape index (κ3) is 5.22. The van der Waals surface area contributed by atoms with E-state index in [9.17, 15) is 0 Å². The van der Waals surface area contributed by atoms with Crippen LogP contribution in [0.15, 0.2) is 4.76 Å².